The van der Waals surface area contributed by atoms with Crippen LogP contribution in [0.15, 0.2) is 42.6 Å². The number of aromatic nitrogens is 1. The van der Waals surface area contributed by atoms with Crippen molar-refractivity contribution in [1.82, 2.24) is 4.37 Å². The van der Waals surface area contributed by atoms with Crippen LogP contribution in [-0.2, 0) is 12.6 Å². The Morgan fingerprint density at radius 3 is 2.38 bits per heavy atom. The SMILES string of the molecule is CCc1cc(-c2sncc2-c2ccc(C(F)(F)F)cc2)c(O)cc1OC. The monoisotopic (exact) mass is 379 g/mol. The molecule has 136 valence electrons. The average Bonchev–Trinajstić information content (AvgIpc) is 3.10. The third-order valence-electron chi connectivity index (χ3n) is 4.12. The zero-order valence-corrected chi connectivity index (χ0v) is 14.9. The van der Waals surface area contributed by atoms with Crippen LogP contribution < -0.4 is 4.74 Å². The predicted octanol–water partition coefficient (Wildman–Crippen LogP) is 5.77. The molecule has 7 heteroatoms. The molecule has 0 saturated heterocycles. The number of halogens is 3. The van der Waals surface area contributed by atoms with Crippen molar-refractivity contribution >= 4 is 11.5 Å². The van der Waals surface area contributed by atoms with E-state index >= 15 is 0 Å². The van der Waals surface area contributed by atoms with Gasteiger partial charge in [0.2, 0.25) is 0 Å². The molecule has 0 spiro atoms. The number of methoxy groups -OCH3 is 1. The van der Waals surface area contributed by atoms with Gasteiger partial charge in [0.05, 0.1) is 17.6 Å². The van der Waals surface area contributed by atoms with Crippen molar-refractivity contribution in [3.63, 3.8) is 0 Å². The molecular formula is C19H16F3NO2S. The third-order valence-corrected chi connectivity index (χ3v) is 4.95. The van der Waals surface area contributed by atoms with Crippen molar-refractivity contribution in [3.05, 3.63) is 53.7 Å². The molecule has 0 saturated carbocycles. The summed E-state index contributed by atoms with van der Waals surface area (Å²) >= 11 is 1.18. The lowest BCUT2D eigenvalue weighted by atomic mass is 9.99. The normalized spacial score (nSPS) is 11.6. The van der Waals surface area contributed by atoms with E-state index in [4.69, 9.17) is 4.74 Å². The number of hydrogen-bond donors (Lipinski definition) is 1. The number of hydrogen-bond acceptors (Lipinski definition) is 4. The van der Waals surface area contributed by atoms with Gasteiger partial charge in [-0.2, -0.15) is 17.5 Å². The number of nitrogens with zero attached hydrogens (tertiary/aromatic N) is 1. The van der Waals surface area contributed by atoms with E-state index in [0.29, 0.717) is 33.7 Å². The molecule has 1 heterocycles. The Bertz CT molecular complexity index is 918. The highest BCUT2D eigenvalue weighted by Gasteiger charge is 2.30. The third kappa shape index (κ3) is 3.39. The summed E-state index contributed by atoms with van der Waals surface area (Å²) in [5.74, 6) is 0.630. The fourth-order valence-corrected chi connectivity index (χ4v) is 3.53. The minimum Gasteiger partial charge on any atom is -0.507 e. The number of phenolic OH excluding ortho intramolecular Hbond substituents is 1. The first-order valence-electron chi connectivity index (χ1n) is 7.87. The molecule has 0 amide bonds. The van der Waals surface area contributed by atoms with Crippen LogP contribution in [0.25, 0.3) is 21.6 Å². The molecule has 0 radical (unpaired) electrons. The van der Waals surface area contributed by atoms with Crippen molar-refractivity contribution in [2.45, 2.75) is 19.5 Å². The smallest absolute Gasteiger partial charge is 0.416 e. The summed E-state index contributed by atoms with van der Waals surface area (Å²) in [7, 11) is 1.54. The zero-order chi connectivity index (χ0) is 18.9. The Hall–Kier alpha value is -2.54. The maximum Gasteiger partial charge on any atom is 0.416 e. The number of aryl methyl sites for hydroxylation is 1. The molecule has 0 aliphatic carbocycles. The minimum atomic E-state index is -4.38. The highest BCUT2D eigenvalue weighted by Crippen LogP contribution is 2.42. The molecular weight excluding hydrogens is 363 g/mol. The Morgan fingerprint density at radius 1 is 1.12 bits per heavy atom. The molecule has 1 N–H and O–H groups in total. The van der Waals surface area contributed by atoms with Crippen LogP contribution in [0.4, 0.5) is 13.2 Å². The van der Waals surface area contributed by atoms with E-state index < -0.39 is 11.7 Å². The Kier molecular flexibility index (Phi) is 4.91. The van der Waals surface area contributed by atoms with E-state index in [1.165, 1.54) is 30.8 Å². The van der Waals surface area contributed by atoms with Gasteiger partial charge in [-0.15, -0.1) is 0 Å². The van der Waals surface area contributed by atoms with Crippen LogP contribution in [0.1, 0.15) is 18.1 Å². The van der Waals surface area contributed by atoms with Crippen LogP contribution in [0.5, 0.6) is 11.5 Å². The molecule has 0 atom stereocenters. The summed E-state index contributed by atoms with van der Waals surface area (Å²) in [4.78, 5) is 0.694. The molecule has 0 bridgehead atoms. The van der Waals surface area contributed by atoms with Gasteiger partial charge in [-0.25, -0.2) is 0 Å². The van der Waals surface area contributed by atoms with Gasteiger partial charge in [0, 0.05) is 23.4 Å². The van der Waals surface area contributed by atoms with Crippen LogP contribution in [-0.4, -0.2) is 16.6 Å². The van der Waals surface area contributed by atoms with E-state index in [1.54, 1.807) is 12.3 Å². The maximum atomic E-state index is 12.8. The number of aromatic hydroxyl groups is 1. The molecule has 0 unspecified atom stereocenters. The molecule has 3 aromatic rings. The lowest BCUT2D eigenvalue weighted by Crippen LogP contribution is -2.03. The van der Waals surface area contributed by atoms with Gasteiger partial charge < -0.3 is 9.84 Å². The summed E-state index contributed by atoms with van der Waals surface area (Å²) in [6.45, 7) is 1.97. The van der Waals surface area contributed by atoms with Crippen molar-refractivity contribution in [1.29, 1.82) is 0 Å². The largest absolute Gasteiger partial charge is 0.507 e. The maximum absolute atomic E-state index is 12.8. The van der Waals surface area contributed by atoms with Crippen LogP contribution in [0.3, 0.4) is 0 Å². The summed E-state index contributed by atoms with van der Waals surface area (Å²) in [6.07, 6.45) is -2.07. The van der Waals surface area contributed by atoms with Gasteiger partial charge in [0.1, 0.15) is 11.5 Å². The summed E-state index contributed by atoms with van der Waals surface area (Å²) in [5, 5.41) is 10.4. The molecule has 0 fully saturated rings. The first-order chi connectivity index (χ1) is 12.3. The Labute approximate surface area is 152 Å². The fraction of sp³-hybridized carbons (Fsp3) is 0.211. The van der Waals surface area contributed by atoms with Gasteiger partial charge >= 0.3 is 6.18 Å². The molecule has 26 heavy (non-hydrogen) atoms. The summed E-state index contributed by atoms with van der Waals surface area (Å²) < 4.78 is 47.7. The average molecular weight is 379 g/mol. The number of ether oxygens (including phenoxy) is 1. The zero-order valence-electron chi connectivity index (χ0n) is 14.1. The summed E-state index contributed by atoms with van der Waals surface area (Å²) in [5.41, 5.74) is 2.08. The highest BCUT2D eigenvalue weighted by molar-refractivity contribution is 7.10. The predicted molar refractivity (Wildman–Crippen MR) is 95.6 cm³/mol. The van der Waals surface area contributed by atoms with Gasteiger partial charge in [-0.1, -0.05) is 19.1 Å². The Morgan fingerprint density at radius 2 is 1.81 bits per heavy atom. The van der Waals surface area contributed by atoms with Gasteiger partial charge in [0.15, 0.2) is 0 Å². The van der Waals surface area contributed by atoms with E-state index in [9.17, 15) is 18.3 Å². The highest BCUT2D eigenvalue weighted by atomic mass is 32.1. The van der Waals surface area contributed by atoms with Crippen molar-refractivity contribution < 1.29 is 23.0 Å². The number of phenols is 1. The Balaban J connectivity index is 2.07. The number of rotatable bonds is 4. The summed E-state index contributed by atoms with van der Waals surface area (Å²) in [6, 6.07) is 8.29. The quantitative estimate of drug-likeness (QED) is 0.625. The van der Waals surface area contributed by atoms with E-state index in [1.807, 2.05) is 13.0 Å². The van der Waals surface area contributed by atoms with Gasteiger partial charge in [-0.05, 0) is 47.3 Å². The molecule has 0 aliphatic rings. The minimum absolute atomic E-state index is 0.0384. The first kappa shape index (κ1) is 18.3. The fourth-order valence-electron chi connectivity index (χ4n) is 2.74. The number of benzene rings is 2. The molecule has 0 aliphatic heterocycles. The molecule has 3 rings (SSSR count). The van der Waals surface area contributed by atoms with E-state index in [2.05, 4.69) is 4.37 Å². The number of alkyl halides is 3. The second kappa shape index (κ2) is 6.99. The lowest BCUT2D eigenvalue weighted by molar-refractivity contribution is -0.137. The topological polar surface area (TPSA) is 42.4 Å². The van der Waals surface area contributed by atoms with E-state index in [-0.39, 0.29) is 5.75 Å². The van der Waals surface area contributed by atoms with Crippen LogP contribution in [0, 0.1) is 0 Å². The van der Waals surface area contributed by atoms with Gasteiger partial charge in [-0.3, -0.25) is 0 Å². The van der Waals surface area contributed by atoms with Crippen molar-refractivity contribution in [2.24, 2.45) is 0 Å². The van der Waals surface area contributed by atoms with Crippen molar-refractivity contribution in [3.8, 4) is 33.1 Å². The van der Waals surface area contributed by atoms with Gasteiger partial charge in [0.25, 0.3) is 0 Å². The van der Waals surface area contributed by atoms with E-state index in [0.717, 1.165) is 17.7 Å². The second-order valence-electron chi connectivity index (χ2n) is 5.68. The van der Waals surface area contributed by atoms with Crippen molar-refractivity contribution in [2.75, 3.05) is 7.11 Å². The van der Waals surface area contributed by atoms with Crippen LogP contribution in [0.2, 0.25) is 0 Å². The second-order valence-corrected chi connectivity index (χ2v) is 6.48. The van der Waals surface area contributed by atoms with Crippen LogP contribution >= 0.6 is 11.5 Å². The molecule has 3 nitrogen and oxygen atoms in total. The molecule has 2 aromatic carbocycles. The first-order valence-corrected chi connectivity index (χ1v) is 8.65. The standard InChI is InChI=1S/C19H16F3NO2S/c1-3-11-8-14(16(24)9-17(11)25-2)18-15(10-23-26-18)12-4-6-13(7-5-12)19(20,21)22/h4-10,24H,3H2,1-2H3. The molecule has 1 aromatic heterocycles. The lowest BCUT2D eigenvalue weighted by Gasteiger charge is -2.12.